The summed E-state index contributed by atoms with van der Waals surface area (Å²) in [5.74, 6) is -0.993. The largest absolute Gasteiger partial charge is 0.492 e. The Hall–Kier alpha value is -1.16. The first-order chi connectivity index (χ1) is 6.74. The van der Waals surface area contributed by atoms with E-state index >= 15 is 0 Å². The van der Waals surface area contributed by atoms with Crippen LogP contribution >= 0.6 is 11.3 Å². The topological polar surface area (TPSA) is 9.23 Å². The Morgan fingerprint density at radius 1 is 1.36 bits per heavy atom. The molecule has 0 N–H and O–H groups in total. The highest BCUT2D eigenvalue weighted by molar-refractivity contribution is 7.17. The molecule has 1 aromatic heterocycles. The van der Waals surface area contributed by atoms with Crippen LogP contribution in [-0.4, -0.2) is 6.61 Å². The third-order valence-corrected chi connectivity index (χ3v) is 2.87. The van der Waals surface area contributed by atoms with E-state index in [0.717, 1.165) is 17.4 Å². The van der Waals surface area contributed by atoms with Gasteiger partial charge >= 0.3 is 0 Å². The van der Waals surface area contributed by atoms with Crippen molar-refractivity contribution in [1.82, 2.24) is 0 Å². The van der Waals surface area contributed by atoms with E-state index in [9.17, 15) is 8.78 Å². The zero-order valence-electron chi connectivity index (χ0n) is 7.51. The molecule has 1 nitrogen and oxygen atoms in total. The van der Waals surface area contributed by atoms with Gasteiger partial charge in [-0.3, -0.25) is 0 Å². The third kappa shape index (κ3) is 1.35. The van der Waals surface area contributed by atoms with Gasteiger partial charge in [0.1, 0.15) is 5.75 Å². The van der Waals surface area contributed by atoms with Crippen LogP contribution in [0.1, 0.15) is 6.92 Å². The van der Waals surface area contributed by atoms with Crippen LogP contribution in [0.5, 0.6) is 5.75 Å². The van der Waals surface area contributed by atoms with Crippen LogP contribution in [-0.2, 0) is 0 Å². The maximum atomic E-state index is 13.2. The van der Waals surface area contributed by atoms with Crippen LogP contribution in [0.3, 0.4) is 0 Å². The van der Waals surface area contributed by atoms with Crippen LogP contribution in [0.2, 0.25) is 0 Å². The molecule has 2 rings (SSSR count). The molecule has 0 saturated carbocycles. The minimum Gasteiger partial charge on any atom is -0.492 e. The van der Waals surface area contributed by atoms with Crippen molar-refractivity contribution in [3.8, 4) is 5.75 Å². The molecule has 0 atom stereocenters. The van der Waals surface area contributed by atoms with Gasteiger partial charge < -0.3 is 4.74 Å². The summed E-state index contributed by atoms with van der Waals surface area (Å²) < 4.78 is 31.7. The van der Waals surface area contributed by atoms with E-state index in [1.807, 2.05) is 6.92 Å². The number of benzene rings is 1. The molecular formula is C10H8F2OS. The molecule has 0 spiro atoms. The summed E-state index contributed by atoms with van der Waals surface area (Å²) in [6, 6.07) is 2.65. The highest BCUT2D eigenvalue weighted by Crippen LogP contribution is 2.34. The molecule has 74 valence electrons. The molecule has 1 aromatic carbocycles. The van der Waals surface area contributed by atoms with Crippen LogP contribution in [0.4, 0.5) is 8.78 Å². The van der Waals surface area contributed by atoms with Crippen molar-refractivity contribution in [2.75, 3.05) is 6.61 Å². The number of fused-ring (bicyclic) bond motifs is 1. The van der Waals surface area contributed by atoms with Crippen molar-refractivity contribution < 1.29 is 13.5 Å². The van der Waals surface area contributed by atoms with Gasteiger partial charge in [0.25, 0.3) is 0 Å². The lowest BCUT2D eigenvalue weighted by Gasteiger charge is -2.00. The maximum absolute atomic E-state index is 13.2. The Morgan fingerprint density at radius 2 is 2.14 bits per heavy atom. The van der Waals surface area contributed by atoms with Gasteiger partial charge in [0.05, 0.1) is 11.3 Å². The molecule has 0 bridgehead atoms. The van der Waals surface area contributed by atoms with Gasteiger partial charge in [-0.15, -0.1) is 11.3 Å². The van der Waals surface area contributed by atoms with Gasteiger partial charge in [-0.1, -0.05) is 0 Å². The smallest absolute Gasteiger partial charge is 0.176 e. The van der Waals surface area contributed by atoms with Gasteiger partial charge in [0.15, 0.2) is 11.6 Å². The third-order valence-electron chi connectivity index (χ3n) is 1.90. The predicted octanol–water partition coefficient (Wildman–Crippen LogP) is 3.58. The van der Waals surface area contributed by atoms with Gasteiger partial charge in [0, 0.05) is 10.8 Å². The zero-order valence-corrected chi connectivity index (χ0v) is 8.33. The fraction of sp³-hybridized carbons (Fsp3) is 0.200. The number of rotatable bonds is 2. The fourth-order valence-corrected chi connectivity index (χ4v) is 2.20. The Morgan fingerprint density at radius 3 is 2.86 bits per heavy atom. The molecule has 1 heterocycles. The first-order valence-corrected chi connectivity index (χ1v) is 5.10. The van der Waals surface area contributed by atoms with Crippen LogP contribution in [0, 0.1) is 11.6 Å². The quantitative estimate of drug-likeness (QED) is 0.742. The maximum Gasteiger partial charge on any atom is 0.176 e. The summed E-state index contributed by atoms with van der Waals surface area (Å²) in [7, 11) is 0. The van der Waals surface area contributed by atoms with Crippen LogP contribution < -0.4 is 4.74 Å². The fourth-order valence-electron chi connectivity index (χ4n) is 1.28. The zero-order chi connectivity index (χ0) is 10.1. The first-order valence-electron chi connectivity index (χ1n) is 4.22. The molecular weight excluding hydrogens is 206 g/mol. The van der Waals surface area contributed by atoms with E-state index in [2.05, 4.69) is 0 Å². The van der Waals surface area contributed by atoms with Crippen molar-refractivity contribution >= 4 is 21.4 Å². The van der Waals surface area contributed by atoms with E-state index < -0.39 is 11.6 Å². The van der Waals surface area contributed by atoms with Gasteiger partial charge in [0.2, 0.25) is 0 Å². The summed E-state index contributed by atoms with van der Waals surface area (Å²) in [4.78, 5) is 0. The second-order valence-corrected chi connectivity index (χ2v) is 3.65. The summed E-state index contributed by atoms with van der Waals surface area (Å²) in [6.45, 7) is 2.37. The van der Waals surface area contributed by atoms with Gasteiger partial charge in [-0.05, 0) is 19.1 Å². The normalized spacial score (nSPS) is 10.8. The van der Waals surface area contributed by atoms with Crippen LogP contribution in [0.25, 0.3) is 10.1 Å². The molecule has 0 fully saturated rings. The van der Waals surface area contributed by atoms with Gasteiger partial charge in [-0.2, -0.15) is 0 Å². The lowest BCUT2D eigenvalue weighted by atomic mass is 10.2. The molecule has 0 aliphatic heterocycles. The van der Waals surface area contributed by atoms with Crippen LogP contribution in [0.15, 0.2) is 17.5 Å². The standard InChI is InChI=1S/C10H8F2OS/c1-2-13-8-5-14-10-6(8)3-4-7(11)9(10)12/h3-5H,2H2,1H3. The average Bonchev–Trinajstić information content (AvgIpc) is 2.57. The number of hydrogen-bond acceptors (Lipinski definition) is 2. The molecule has 0 aliphatic carbocycles. The first kappa shape index (κ1) is 9.40. The van der Waals surface area contributed by atoms with E-state index in [0.29, 0.717) is 22.4 Å². The lowest BCUT2D eigenvalue weighted by Crippen LogP contribution is -1.90. The Kier molecular flexibility index (Phi) is 2.37. The second kappa shape index (κ2) is 3.53. The van der Waals surface area contributed by atoms with Crippen molar-refractivity contribution in [2.45, 2.75) is 6.92 Å². The van der Waals surface area contributed by atoms with E-state index in [1.54, 1.807) is 5.38 Å². The van der Waals surface area contributed by atoms with Crippen molar-refractivity contribution in [2.24, 2.45) is 0 Å². The molecule has 0 unspecified atom stereocenters. The summed E-state index contributed by atoms with van der Waals surface area (Å²) >= 11 is 1.15. The Balaban J connectivity index is 2.64. The molecule has 0 saturated heterocycles. The molecule has 4 heteroatoms. The highest BCUT2D eigenvalue weighted by Gasteiger charge is 2.12. The summed E-state index contributed by atoms with van der Waals surface area (Å²) in [6.07, 6.45) is 0. The highest BCUT2D eigenvalue weighted by atomic mass is 32.1. The van der Waals surface area contributed by atoms with Crippen molar-refractivity contribution in [3.63, 3.8) is 0 Å². The monoisotopic (exact) mass is 214 g/mol. The summed E-state index contributed by atoms with van der Waals surface area (Å²) in [5.41, 5.74) is 0. The second-order valence-electron chi connectivity index (χ2n) is 2.77. The van der Waals surface area contributed by atoms with Gasteiger partial charge in [-0.25, -0.2) is 8.78 Å². The molecule has 0 radical (unpaired) electrons. The molecule has 0 aliphatic rings. The number of hydrogen-bond donors (Lipinski definition) is 0. The van der Waals surface area contributed by atoms with E-state index in [1.165, 1.54) is 6.07 Å². The summed E-state index contributed by atoms with van der Waals surface area (Å²) in [5, 5.41) is 2.33. The number of ether oxygens (including phenoxy) is 1. The molecule has 2 aromatic rings. The predicted molar refractivity (Wildman–Crippen MR) is 52.9 cm³/mol. The number of halogens is 2. The Bertz CT molecular complexity index is 464. The van der Waals surface area contributed by atoms with E-state index in [-0.39, 0.29) is 0 Å². The number of thiophene rings is 1. The van der Waals surface area contributed by atoms with Crippen molar-refractivity contribution in [1.29, 1.82) is 0 Å². The minimum absolute atomic E-state index is 0.313. The Labute approximate surface area is 83.9 Å². The van der Waals surface area contributed by atoms with E-state index in [4.69, 9.17) is 4.74 Å². The molecule has 14 heavy (non-hydrogen) atoms. The average molecular weight is 214 g/mol. The molecule has 0 amide bonds. The van der Waals surface area contributed by atoms with Crippen molar-refractivity contribution in [3.05, 3.63) is 29.1 Å². The lowest BCUT2D eigenvalue weighted by molar-refractivity contribution is 0.345. The minimum atomic E-state index is -0.817. The SMILES string of the molecule is CCOc1csc2c(F)c(F)ccc12.